The summed E-state index contributed by atoms with van der Waals surface area (Å²) in [6.07, 6.45) is 0. The fraction of sp³-hybridized carbons (Fsp3) is 0.462. The summed E-state index contributed by atoms with van der Waals surface area (Å²) >= 11 is 1.62. The third-order valence-corrected chi connectivity index (χ3v) is 3.57. The Bertz CT molecular complexity index is 365. The van der Waals surface area contributed by atoms with Crippen LogP contribution >= 0.6 is 11.8 Å². The van der Waals surface area contributed by atoms with Gasteiger partial charge in [-0.25, -0.2) is 0 Å². The Hall–Kier alpha value is -1.16. The Morgan fingerprint density at radius 3 is 2.82 bits per heavy atom. The summed E-state index contributed by atoms with van der Waals surface area (Å²) < 4.78 is 5.51. The van der Waals surface area contributed by atoms with Crippen molar-refractivity contribution in [3.8, 4) is 5.75 Å². The van der Waals surface area contributed by atoms with Gasteiger partial charge in [-0.3, -0.25) is 4.79 Å². The summed E-state index contributed by atoms with van der Waals surface area (Å²) in [5.41, 5.74) is 1.12. The highest BCUT2D eigenvalue weighted by Gasteiger charge is 2.11. The first kappa shape index (κ1) is 13.9. The molecule has 0 aliphatic carbocycles. The third-order valence-electron chi connectivity index (χ3n) is 2.32. The predicted molar refractivity (Wildman–Crippen MR) is 70.6 cm³/mol. The van der Waals surface area contributed by atoms with Gasteiger partial charge in [0.15, 0.2) is 0 Å². The van der Waals surface area contributed by atoms with Crippen LogP contribution in [-0.4, -0.2) is 23.4 Å². The van der Waals surface area contributed by atoms with Crippen LogP contribution in [0.1, 0.15) is 19.4 Å². The van der Waals surface area contributed by atoms with E-state index in [-0.39, 0.29) is 5.92 Å². The first-order chi connectivity index (χ1) is 8.15. The average Bonchev–Trinajstić information content (AvgIpc) is 2.31. The van der Waals surface area contributed by atoms with Gasteiger partial charge < -0.3 is 9.84 Å². The number of carbonyl (C=O) groups is 1. The number of carboxylic acid groups (broad SMARTS) is 1. The van der Waals surface area contributed by atoms with Gasteiger partial charge in [-0.15, -0.1) is 0 Å². The number of thioether (sulfide) groups is 1. The molecule has 1 aromatic carbocycles. The monoisotopic (exact) mass is 254 g/mol. The molecule has 0 heterocycles. The molecule has 0 spiro atoms. The summed E-state index contributed by atoms with van der Waals surface area (Å²) in [4.78, 5) is 10.7. The van der Waals surface area contributed by atoms with E-state index in [1.807, 2.05) is 31.2 Å². The number of benzene rings is 1. The second-order valence-electron chi connectivity index (χ2n) is 3.80. The number of carboxylic acids is 1. The third kappa shape index (κ3) is 4.69. The Balaban J connectivity index is 2.48. The summed E-state index contributed by atoms with van der Waals surface area (Å²) in [7, 11) is 0. The van der Waals surface area contributed by atoms with Crippen LogP contribution in [0.25, 0.3) is 0 Å². The molecular formula is C13H18O3S. The van der Waals surface area contributed by atoms with Crippen molar-refractivity contribution < 1.29 is 14.6 Å². The Kier molecular flexibility index (Phi) is 5.91. The molecule has 0 aliphatic heterocycles. The molecular weight excluding hydrogens is 236 g/mol. The fourth-order valence-corrected chi connectivity index (χ4v) is 2.41. The Labute approximate surface area is 106 Å². The molecule has 0 aliphatic rings. The largest absolute Gasteiger partial charge is 0.494 e. The van der Waals surface area contributed by atoms with Crippen molar-refractivity contribution >= 4 is 17.7 Å². The van der Waals surface area contributed by atoms with Gasteiger partial charge in [0.25, 0.3) is 0 Å². The van der Waals surface area contributed by atoms with Gasteiger partial charge in [-0.2, -0.15) is 11.8 Å². The van der Waals surface area contributed by atoms with Crippen molar-refractivity contribution in [3.63, 3.8) is 0 Å². The Morgan fingerprint density at radius 1 is 1.47 bits per heavy atom. The van der Waals surface area contributed by atoms with Gasteiger partial charge in [-0.1, -0.05) is 25.1 Å². The standard InChI is InChI=1S/C13H18O3S/c1-3-16-12-7-5-4-6-11(12)9-17-8-10(2)13(14)15/h4-7,10H,3,8-9H2,1-2H3,(H,14,15). The number of ether oxygens (including phenoxy) is 1. The van der Waals surface area contributed by atoms with Crippen LogP contribution in [0.2, 0.25) is 0 Å². The lowest BCUT2D eigenvalue weighted by atomic mass is 10.2. The number of rotatable bonds is 7. The topological polar surface area (TPSA) is 46.5 Å². The van der Waals surface area contributed by atoms with Gasteiger partial charge in [0.2, 0.25) is 0 Å². The minimum atomic E-state index is -0.740. The highest BCUT2D eigenvalue weighted by molar-refractivity contribution is 7.98. The van der Waals surface area contributed by atoms with Crippen molar-refractivity contribution in [2.24, 2.45) is 5.92 Å². The molecule has 17 heavy (non-hydrogen) atoms. The fourth-order valence-electron chi connectivity index (χ4n) is 1.34. The van der Waals surface area contributed by atoms with Gasteiger partial charge in [0.1, 0.15) is 5.75 Å². The maximum atomic E-state index is 10.7. The predicted octanol–water partition coefficient (Wildman–Crippen LogP) is 3.04. The van der Waals surface area contributed by atoms with E-state index >= 15 is 0 Å². The molecule has 0 aromatic heterocycles. The molecule has 0 saturated carbocycles. The minimum absolute atomic E-state index is 0.306. The van der Waals surface area contributed by atoms with Crippen molar-refractivity contribution in [1.29, 1.82) is 0 Å². The van der Waals surface area contributed by atoms with E-state index in [1.165, 1.54) is 0 Å². The lowest BCUT2D eigenvalue weighted by molar-refractivity contribution is -0.140. The number of aliphatic carboxylic acids is 1. The lowest BCUT2D eigenvalue weighted by Gasteiger charge is -2.10. The summed E-state index contributed by atoms with van der Waals surface area (Å²) in [5, 5.41) is 8.78. The molecule has 4 heteroatoms. The molecule has 1 N–H and O–H groups in total. The highest BCUT2D eigenvalue weighted by atomic mass is 32.2. The summed E-state index contributed by atoms with van der Waals surface area (Å²) in [6, 6.07) is 7.88. The molecule has 0 radical (unpaired) electrons. The molecule has 94 valence electrons. The first-order valence-corrected chi connectivity index (χ1v) is 6.81. The van der Waals surface area contributed by atoms with Crippen LogP contribution in [0.3, 0.4) is 0 Å². The number of para-hydroxylation sites is 1. The van der Waals surface area contributed by atoms with Crippen molar-refractivity contribution in [3.05, 3.63) is 29.8 Å². The van der Waals surface area contributed by atoms with Crippen LogP contribution < -0.4 is 4.74 Å². The molecule has 0 amide bonds. The molecule has 1 unspecified atom stereocenters. The van der Waals surface area contributed by atoms with Crippen LogP contribution in [0.4, 0.5) is 0 Å². The summed E-state index contributed by atoms with van der Waals surface area (Å²) in [5.74, 6) is 1.25. The van der Waals surface area contributed by atoms with E-state index in [4.69, 9.17) is 9.84 Å². The van der Waals surface area contributed by atoms with E-state index < -0.39 is 5.97 Å². The van der Waals surface area contributed by atoms with Gasteiger partial charge in [0.05, 0.1) is 12.5 Å². The van der Waals surface area contributed by atoms with E-state index in [2.05, 4.69) is 0 Å². The Morgan fingerprint density at radius 2 is 2.18 bits per heavy atom. The molecule has 1 aromatic rings. The molecule has 1 rings (SSSR count). The zero-order chi connectivity index (χ0) is 12.7. The van der Waals surface area contributed by atoms with Crippen molar-refractivity contribution in [2.45, 2.75) is 19.6 Å². The van der Waals surface area contributed by atoms with E-state index in [1.54, 1.807) is 18.7 Å². The minimum Gasteiger partial charge on any atom is -0.494 e. The molecule has 0 saturated heterocycles. The SMILES string of the molecule is CCOc1ccccc1CSCC(C)C(=O)O. The van der Waals surface area contributed by atoms with E-state index in [0.717, 1.165) is 17.1 Å². The van der Waals surface area contributed by atoms with Gasteiger partial charge >= 0.3 is 5.97 Å². The van der Waals surface area contributed by atoms with Crippen LogP contribution in [0.5, 0.6) is 5.75 Å². The highest BCUT2D eigenvalue weighted by Crippen LogP contribution is 2.24. The van der Waals surface area contributed by atoms with Gasteiger partial charge in [-0.05, 0) is 13.0 Å². The number of hydrogen-bond acceptors (Lipinski definition) is 3. The quantitative estimate of drug-likeness (QED) is 0.812. The zero-order valence-corrected chi connectivity index (χ0v) is 11.0. The van der Waals surface area contributed by atoms with Crippen LogP contribution in [0.15, 0.2) is 24.3 Å². The van der Waals surface area contributed by atoms with E-state index in [0.29, 0.717) is 12.4 Å². The number of hydrogen-bond donors (Lipinski definition) is 1. The molecule has 1 atom stereocenters. The van der Waals surface area contributed by atoms with Crippen LogP contribution in [-0.2, 0) is 10.5 Å². The smallest absolute Gasteiger partial charge is 0.307 e. The first-order valence-electron chi connectivity index (χ1n) is 5.66. The molecule has 0 fully saturated rings. The van der Waals surface area contributed by atoms with Crippen molar-refractivity contribution in [1.82, 2.24) is 0 Å². The van der Waals surface area contributed by atoms with E-state index in [9.17, 15) is 4.79 Å². The zero-order valence-electron chi connectivity index (χ0n) is 10.2. The second-order valence-corrected chi connectivity index (χ2v) is 4.83. The second kappa shape index (κ2) is 7.22. The van der Waals surface area contributed by atoms with Crippen LogP contribution in [0, 0.1) is 5.92 Å². The van der Waals surface area contributed by atoms with Crippen molar-refractivity contribution in [2.75, 3.05) is 12.4 Å². The molecule has 0 bridgehead atoms. The lowest BCUT2D eigenvalue weighted by Crippen LogP contribution is -2.11. The maximum absolute atomic E-state index is 10.7. The van der Waals surface area contributed by atoms with Gasteiger partial charge in [0, 0.05) is 17.1 Å². The normalized spacial score (nSPS) is 12.1. The maximum Gasteiger partial charge on any atom is 0.307 e. The summed E-state index contributed by atoms with van der Waals surface area (Å²) in [6.45, 7) is 4.33. The average molecular weight is 254 g/mol. The molecule has 3 nitrogen and oxygen atoms in total.